The van der Waals surface area contributed by atoms with Crippen molar-refractivity contribution in [3.63, 3.8) is 0 Å². The summed E-state index contributed by atoms with van der Waals surface area (Å²) in [5.74, 6) is 1.52. The minimum absolute atomic E-state index is 0.449. The number of hydrogen-bond donors (Lipinski definition) is 1. The van der Waals surface area contributed by atoms with E-state index in [-0.39, 0.29) is 0 Å². The first-order valence-electron chi connectivity index (χ1n) is 4.59. The topological polar surface area (TPSA) is 23.9 Å². The van der Waals surface area contributed by atoms with E-state index in [2.05, 4.69) is 34.6 Å². The van der Waals surface area contributed by atoms with Crippen LogP contribution >= 0.6 is 0 Å². The molecule has 66 valence electrons. The molecular weight excluding hydrogens is 134 g/mol. The third-order valence-electron chi connectivity index (χ3n) is 2.63. The largest absolute Gasteiger partial charge is 0.309 e. The van der Waals surface area contributed by atoms with Gasteiger partial charge in [0.2, 0.25) is 0 Å². The van der Waals surface area contributed by atoms with E-state index in [0.29, 0.717) is 17.8 Å². The van der Waals surface area contributed by atoms with Crippen LogP contribution in [0.5, 0.6) is 0 Å². The Hall–Kier alpha value is -0.330. The van der Waals surface area contributed by atoms with Crippen molar-refractivity contribution in [1.29, 1.82) is 5.41 Å². The van der Waals surface area contributed by atoms with Gasteiger partial charge in [0.1, 0.15) is 0 Å². The minimum Gasteiger partial charge on any atom is -0.309 e. The van der Waals surface area contributed by atoms with Gasteiger partial charge in [-0.15, -0.1) is 0 Å². The smallest absolute Gasteiger partial charge is 0.0148 e. The van der Waals surface area contributed by atoms with E-state index in [4.69, 9.17) is 5.41 Å². The van der Waals surface area contributed by atoms with Gasteiger partial charge < -0.3 is 5.41 Å². The lowest BCUT2D eigenvalue weighted by Crippen LogP contribution is -2.22. The number of rotatable bonds is 4. The van der Waals surface area contributed by atoms with Gasteiger partial charge in [0.05, 0.1) is 0 Å². The highest BCUT2D eigenvalue weighted by Gasteiger charge is 2.16. The predicted molar refractivity (Wildman–Crippen MR) is 51.2 cm³/mol. The standard InChI is InChI=1S/C10H21N/c1-6-8(4)10(11)9(5)7(2)3/h7-9,11H,6H2,1-5H3/t8-,9?/m1/s1. The second kappa shape index (κ2) is 4.53. The SMILES string of the molecule is CC[C@@H](C)C(=N)C(C)C(C)C. The van der Waals surface area contributed by atoms with Gasteiger partial charge in [-0.2, -0.15) is 0 Å². The molecule has 0 bridgehead atoms. The zero-order valence-corrected chi connectivity index (χ0v) is 8.44. The molecular formula is C10H21N. The third-order valence-corrected chi connectivity index (χ3v) is 2.63. The molecule has 0 saturated heterocycles. The Morgan fingerprint density at radius 2 is 1.64 bits per heavy atom. The van der Waals surface area contributed by atoms with E-state index < -0.39 is 0 Å². The van der Waals surface area contributed by atoms with Crippen molar-refractivity contribution >= 4 is 5.71 Å². The Bertz CT molecular complexity index is 127. The van der Waals surface area contributed by atoms with Gasteiger partial charge in [0.15, 0.2) is 0 Å². The highest BCUT2D eigenvalue weighted by molar-refractivity contribution is 5.85. The molecule has 0 aromatic heterocycles. The summed E-state index contributed by atoms with van der Waals surface area (Å²) in [5.41, 5.74) is 0.919. The Kier molecular flexibility index (Phi) is 4.39. The van der Waals surface area contributed by atoms with E-state index in [1.54, 1.807) is 0 Å². The average molecular weight is 155 g/mol. The summed E-state index contributed by atoms with van der Waals surface area (Å²) in [4.78, 5) is 0. The van der Waals surface area contributed by atoms with Crippen LogP contribution in [0.25, 0.3) is 0 Å². The Balaban J connectivity index is 4.02. The summed E-state index contributed by atoms with van der Waals surface area (Å²) in [6.07, 6.45) is 1.09. The van der Waals surface area contributed by atoms with Gasteiger partial charge in [-0.25, -0.2) is 0 Å². The molecule has 11 heavy (non-hydrogen) atoms. The zero-order valence-electron chi connectivity index (χ0n) is 8.44. The summed E-state index contributed by atoms with van der Waals surface area (Å²) in [7, 11) is 0. The molecule has 1 N–H and O–H groups in total. The van der Waals surface area contributed by atoms with E-state index in [1.165, 1.54) is 0 Å². The average Bonchev–Trinajstić information content (AvgIpc) is 2.00. The van der Waals surface area contributed by atoms with Crippen molar-refractivity contribution in [2.75, 3.05) is 0 Å². The van der Waals surface area contributed by atoms with Crippen LogP contribution < -0.4 is 0 Å². The van der Waals surface area contributed by atoms with Crippen LogP contribution in [-0.4, -0.2) is 5.71 Å². The van der Waals surface area contributed by atoms with Gasteiger partial charge in [-0.1, -0.05) is 34.6 Å². The van der Waals surface area contributed by atoms with Gasteiger partial charge in [0, 0.05) is 5.71 Å². The van der Waals surface area contributed by atoms with Gasteiger partial charge in [0.25, 0.3) is 0 Å². The second-order valence-corrected chi connectivity index (χ2v) is 3.80. The molecule has 2 atom stereocenters. The van der Waals surface area contributed by atoms with Crippen LogP contribution in [0.2, 0.25) is 0 Å². The molecule has 0 fully saturated rings. The van der Waals surface area contributed by atoms with Gasteiger partial charge >= 0.3 is 0 Å². The molecule has 0 aliphatic carbocycles. The lowest BCUT2D eigenvalue weighted by Gasteiger charge is -2.20. The molecule has 1 unspecified atom stereocenters. The van der Waals surface area contributed by atoms with E-state index in [0.717, 1.165) is 12.1 Å². The molecule has 0 spiro atoms. The van der Waals surface area contributed by atoms with Crippen molar-refractivity contribution < 1.29 is 0 Å². The Morgan fingerprint density at radius 3 is 1.91 bits per heavy atom. The van der Waals surface area contributed by atoms with Crippen molar-refractivity contribution in [1.82, 2.24) is 0 Å². The molecule has 0 aromatic rings. The monoisotopic (exact) mass is 155 g/mol. The lowest BCUT2D eigenvalue weighted by molar-refractivity contribution is 0.503. The maximum atomic E-state index is 7.83. The highest BCUT2D eigenvalue weighted by Crippen LogP contribution is 2.17. The van der Waals surface area contributed by atoms with Crippen LogP contribution in [0, 0.1) is 23.2 Å². The molecule has 0 aliphatic rings. The van der Waals surface area contributed by atoms with Crippen LogP contribution in [0.1, 0.15) is 41.0 Å². The van der Waals surface area contributed by atoms with Crippen molar-refractivity contribution in [3.8, 4) is 0 Å². The first-order chi connectivity index (χ1) is 5.00. The number of hydrogen-bond acceptors (Lipinski definition) is 1. The molecule has 1 nitrogen and oxygen atoms in total. The lowest BCUT2D eigenvalue weighted by atomic mass is 9.85. The fourth-order valence-corrected chi connectivity index (χ4v) is 1.03. The first kappa shape index (κ1) is 10.7. The fraction of sp³-hybridized carbons (Fsp3) is 0.900. The summed E-state index contributed by atoms with van der Waals surface area (Å²) in [6, 6.07) is 0. The van der Waals surface area contributed by atoms with Crippen molar-refractivity contribution in [3.05, 3.63) is 0 Å². The maximum Gasteiger partial charge on any atom is 0.0148 e. The van der Waals surface area contributed by atoms with E-state index in [1.807, 2.05) is 0 Å². The van der Waals surface area contributed by atoms with Crippen LogP contribution in [0.4, 0.5) is 0 Å². The minimum atomic E-state index is 0.449. The summed E-state index contributed by atoms with van der Waals surface area (Å²) in [5, 5.41) is 7.83. The van der Waals surface area contributed by atoms with E-state index in [9.17, 15) is 0 Å². The summed E-state index contributed by atoms with van der Waals surface area (Å²) < 4.78 is 0. The van der Waals surface area contributed by atoms with Crippen LogP contribution in [-0.2, 0) is 0 Å². The second-order valence-electron chi connectivity index (χ2n) is 3.80. The predicted octanol–water partition coefficient (Wildman–Crippen LogP) is 3.34. The summed E-state index contributed by atoms with van der Waals surface area (Å²) >= 11 is 0. The molecule has 0 radical (unpaired) electrons. The first-order valence-corrected chi connectivity index (χ1v) is 4.59. The fourth-order valence-electron chi connectivity index (χ4n) is 1.03. The molecule has 0 rings (SSSR count). The Morgan fingerprint density at radius 1 is 1.18 bits per heavy atom. The van der Waals surface area contributed by atoms with Crippen molar-refractivity contribution in [2.45, 2.75) is 41.0 Å². The van der Waals surface area contributed by atoms with Gasteiger partial charge in [-0.05, 0) is 24.2 Å². The third kappa shape index (κ3) is 3.04. The molecule has 0 saturated carbocycles. The quantitative estimate of drug-likeness (QED) is 0.602. The van der Waals surface area contributed by atoms with Crippen LogP contribution in [0.15, 0.2) is 0 Å². The van der Waals surface area contributed by atoms with E-state index >= 15 is 0 Å². The Labute approximate surface area is 70.7 Å². The molecule has 0 amide bonds. The maximum absolute atomic E-state index is 7.83. The van der Waals surface area contributed by atoms with Crippen LogP contribution in [0.3, 0.4) is 0 Å². The van der Waals surface area contributed by atoms with Gasteiger partial charge in [-0.3, -0.25) is 0 Å². The number of nitrogens with one attached hydrogen (secondary N) is 1. The zero-order chi connectivity index (χ0) is 9.02. The molecule has 0 aliphatic heterocycles. The molecule has 0 heterocycles. The molecule has 0 aromatic carbocycles. The highest BCUT2D eigenvalue weighted by atomic mass is 14.5. The normalized spacial score (nSPS) is 16.5. The summed E-state index contributed by atoms with van der Waals surface area (Å²) in [6.45, 7) is 10.8. The van der Waals surface area contributed by atoms with Crippen molar-refractivity contribution in [2.24, 2.45) is 17.8 Å². The molecule has 1 heteroatoms.